The summed E-state index contributed by atoms with van der Waals surface area (Å²) in [7, 11) is 1.48. The van der Waals surface area contributed by atoms with Gasteiger partial charge < -0.3 is 15.7 Å². The van der Waals surface area contributed by atoms with Crippen LogP contribution in [0.15, 0.2) is 23.3 Å². The molecule has 1 aromatic carbocycles. The molecule has 0 spiro atoms. The molecule has 0 saturated heterocycles. The molecule has 64 valence electrons. The average molecular weight is 166 g/mol. The highest BCUT2D eigenvalue weighted by molar-refractivity contribution is 5.80. The Balaban J connectivity index is 3.05. The Morgan fingerprint density at radius 3 is 2.92 bits per heavy atom. The Morgan fingerprint density at radius 1 is 1.58 bits per heavy atom. The second-order valence-electron chi connectivity index (χ2n) is 2.21. The number of rotatable bonds is 2. The zero-order valence-electron chi connectivity index (χ0n) is 6.69. The van der Waals surface area contributed by atoms with Crippen molar-refractivity contribution in [1.82, 2.24) is 0 Å². The quantitative estimate of drug-likeness (QED) is 0.386. The van der Waals surface area contributed by atoms with Crippen LogP contribution in [0.4, 0.5) is 0 Å². The van der Waals surface area contributed by atoms with Gasteiger partial charge in [0.15, 0.2) is 11.5 Å². The summed E-state index contributed by atoms with van der Waals surface area (Å²) in [5.74, 6) is 5.47. The lowest BCUT2D eigenvalue weighted by molar-refractivity contribution is 0.373. The molecule has 0 bridgehead atoms. The van der Waals surface area contributed by atoms with E-state index in [0.29, 0.717) is 5.75 Å². The zero-order chi connectivity index (χ0) is 8.97. The largest absolute Gasteiger partial charge is 0.504 e. The van der Waals surface area contributed by atoms with Crippen molar-refractivity contribution in [3.05, 3.63) is 23.8 Å². The lowest BCUT2D eigenvalue weighted by Crippen LogP contribution is -1.89. The molecule has 0 saturated carbocycles. The normalized spacial score (nSPS) is 10.4. The number of aromatic hydroxyl groups is 1. The number of methoxy groups -OCH3 is 1. The fourth-order valence-electron chi connectivity index (χ4n) is 0.861. The van der Waals surface area contributed by atoms with Crippen molar-refractivity contribution in [2.75, 3.05) is 7.11 Å². The molecule has 1 rings (SSSR count). The molecular formula is C8H10N2O2. The third-order valence-corrected chi connectivity index (χ3v) is 1.43. The summed E-state index contributed by atoms with van der Waals surface area (Å²) in [6, 6.07) is 4.86. The van der Waals surface area contributed by atoms with E-state index in [1.54, 1.807) is 12.1 Å². The molecule has 0 aliphatic rings. The maximum atomic E-state index is 9.20. The lowest BCUT2D eigenvalue weighted by atomic mass is 10.2. The van der Waals surface area contributed by atoms with Gasteiger partial charge in [-0.3, -0.25) is 0 Å². The van der Waals surface area contributed by atoms with Crippen LogP contribution >= 0.6 is 0 Å². The number of ether oxygens (including phenoxy) is 1. The minimum Gasteiger partial charge on any atom is -0.504 e. The van der Waals surface area contributed by atoms with E-state index in [2.05, 4.69) is 5.10 Å². The van der Waals surface area contributed by atoms with Crippen LogP contribution in [0.2, 0.25) is 0 Å². The van der Waals surface area contributed by atoms with Gasteiger partial charge in [-0.25, -0.2) is 0 Å². The first kappa shape index (κ1) is 8.39. The van der Waals surface area contributed by atoms with Gasteiger partial charge in [-0.15, -0.1) is 0 Å². The topological polar surface area (TPSA) is 67.8 Å². The molecule has 0 fully saturated rings. The monoisotopic (exact) mass is 166 g/mol. The number of nitrogens with zero attached hydrogens (tertiary/aromatic N) is 1. The average Bonchev–Trinajstić information content (AvgIpc) is 2.09. The number of phenolic OH excluding ortho intramolecular Hbond substituents is 1. The molecule has 0 radical (unpaired) electrons. The molecule has 0 aliphatic carbocycles. The van der Waals surface area contributed by atoms with E-state index in [1.807, 2.05) is 0 Å². The number of phenols is 1. The highest BCUT2D eigenvalue weighted by Crippen LogP contribution is 2.25. The van der Waals surface area contributed by atoms with Gasteiger partial charge in [0.1, 0.15) is 0 Å². The third kappa shape index (κ3) is 1.66. The van der Waals surface area contributed by atoms with Gasteiger partial charge in [0, 0.05) is 0 Å². The van der Waals surface area contributed by atoms with Crippen molar-refractivity contribution < 1.29 is 9.84 Å². The number of hydrogen-bond acceptors (Lipinski definition) is 4. The number of hydrogen-bond donors (Lipinski definition) is 2. The highest BCUT2D eigenvalue weighted by Gasteiger charge is 1.99. The molecule has 4 nitrogen and oxygen atoms in total. The predicted octanol–water partition coefficient (Wildman–Crippen LogP) is 0.693. The molecule has 1 aromatic rings. The van der Waals surface area contributed by atoms with Gasteiger partial charge in [0.25, 0.3) is 0 Å². The lowest BCUT2D eigenvalue weighted by Gasteiger charge is -2.02. The fourth-order valence-corrected chi connectivity index (χ4v) is 0.861. The molecular weight excluding hydrogens is 156 g/mol. The van der Waals surface area contributed by atoms with Gasteiger partial charge in [-0.05, 0) is 23.8 Å². The summed E-state index contributed by atoms with van der Waals surface area (Å²) >= 11 is 0. The zero-order valence-corrected chi connectivity index (χ0v) is 6.69. The minimum atomic E-state index is 0.103. The maximum absolute atomic E-state index is 9.20. The van der Waals surface area contributed by atoms with Gasteiger partial charge in [0.2, 0.25) is 0 Å². The Kier molecular flexibility index (Phi) is 2.53. The first-order valence-corrected chi connectivity index (χ1v) is 3.38. The van der Waals surface area contributed by atoms with Crippen LogP contribution in [0, 0.1) is 0 Å². The molecule has 4 heteroatoms. The van der Waals surface area contributed by atoms with Crippen LogP contribution in [0.5, 0.6) is 11.5 Å². The Bertz CT molecular complexity index is 297. The van der Waals surface area contributed by atoms with Crippen molar-refractivity contribution in [2.24, 2.45) is 10.9 Å². The van der Waals surface area contributed by atoms with Crippen LogP contribution in [0.1, 0.15) is 5.56 Å². The SMILES string of the molecule is COc1cc(C=NN)ccc1O. The maximum Gasteiger partial charge on any atom is 0.161 e. The van der Waals surface area contributed by atoms with E-state index in [1.165, 1.54) is 19.4 Å². The van der Waals surface area contributed by atoms with Crippen molar-refractivity contribution in [3.63, 3.8) is 0 Å². The summed E-state index contributed by atoms with van der Waals surface area (Å²) in [5.41, 5.74) is 0.784. The Hall–Kier alpha value is -1.71. The van der Waals surface area contributed by atoms with Crippen LogP contribution in [-0.4, -0.2) is 18.4 Å². The number of nitrogens with two attached hydrogens (primary N) is 1. The van der Waals surface area contributed by atoms with Gasteiger partial charge in [-0.1, -0.05) is 0 Å². The molecule has 3 N–H and O–H groups in total. The van der Waals surface area contributed by atoms with Crippen LogP contribution in [0.3, 0.4) is 0 Å². The molecule has 0 atom stereocenters. The first-order chi connectivity index (χ1) is 5.77. The molecule has 0 aromatic heterocycles. The molecule has 12 heavy (non-hydrogen) atoms. The number of benzene rings is 1. The second kappa shape index (κ2) is 3.61. The summed E-state index contributed by atoms with van der Waals surface area (Å²) in [6.45, 7) is 0. The number of hydrazone groups is 1. The van der Waals surface area contributed by atoms with E-state index in [4.69, 9.17) is 10.6 Å². The van der Waals surface area contributed by atoms with Crippen LogP contribution in [0.25, 0.3) is 0 Å². The van der Waals surface area contributed by atoms with Crippen LogP contribution < -0.4 is 10.6 Å². The molecule has 0 heterocycles. The third-order valence-electron chi connectivity index (χ3n) is 1.43. The van der Waals surface area contributed by atoms with Gasteiger partial charge in [-0.2, -0.15) is 5.10 Å². The molecule has 0 amide bonds. The summed E-state index contributed by atoms with van der Waals surface area (Å²) in [5, 5.41) is 12.6. The van der Waals surface area contributed by atoms with Gasteiger partial charge in [0.05, 0.1) is 13.3 Å². The summed E-state index contributed by atoms with van der Waals surface area (Å²) < 4.78 is 4.88. The van der Waals surface area contributed by atoms with E-state index < -0.39 is 0 Å². The first-order valence-electron chi connectivity index (χ1n) is 3.38. The Morgan fingerprint density at radius 2 is 2.33 bits per heavy atom. The smallest absolute Gasteiger partial charge is 0.161 e. The molecule has 0 unspecified atom stereocenters. The van der Waals surface area contributed by atoms with Crippen molar-refractivity contribution in [1.29, 1.82) is 0 Å². The van der Waals surface area contributed by atoms with E-state index in [0.717, 1.165) is 5.56 Å². The highest BCUT2D eigenvalue weighted by atomic mass is 16.5. The van der Waals surface area contributed by atoms with Crippen molar-refractivity contribution in [3.8, 4) is 11.5 Å². The van der Waals surface area contributed by atoms with Crippen molar-refractivity contribution >= 4 is 6.21 Å². The van der Waals surface area contributed by atoms with Crippen LogP contribution in [-0.2, 0) is 0 Å². The minimum absolute atomic E-state index is 0.103. The summed E-state index contributed by atoms with van der Waals surface area (Å²) in [6.07, 6.45) is 1.47. The second-order valence-corrected chi connectivity index (χ2v) is 2.21. The Labute approximate surface area is 70.3 Å². The summed E-state index contributed by atoms with van der Waals surface area (Å²) in [4.78, 5) is 0. The van der Waals surface area contributed by atoms with Gasteiger partial charge >= 0.3 is 0 Å². The van der Waals surface area contributed by atoms with E-state index >= 15 is 0 Å². The standard InChI is InChI=1S/C8H10N2O2/c1-12-8-4-6(5-10-9)2-3-7(8)11/h2-5,11H,9H2,1H3. The fraction of sp³-hybridized carbons (Fsp3) is 0.125. The predicted molar refractivity (Wildman–Crippen MR) is 46.4 cm³/mol. The van der Waals surface area contributed by atoms with Crippen molar-refractivity contribution in [2.45, 2.75) is 0 Å². The van der Waals surface area contributed by atoms with E-state index in [9.17, 15) is 5.11 Å². The molecule has 0 aliphatic heterocycles. The van der Waals surface area contributed by atoms with E-state index in [-0.39, 0.29) is 5.75 Å².